The van der Waals surface area contributed by atoms with Crippen LogP contribution in [0.1, 0.15) is 31.9 Å². The SMILES string of the molecule is C=C(C)CCNC(C)c1cccc(F)c1. The van der Waals surface area contributed by atoms with Crippen LogP contribution in [0.5, 0.6) is 0 Å². The van der Waals surface area contributed by atoms with E-state index in [0.717, 1.165) is 24.1 Å². The summed E-state index contributed by atoms with van der Waals surface area (Å²) in [7, 11) is 0. The Bertz CT molecular complexity index is 333. The second kappa shape index (κ2) is 5.66. The van der Waals surface area contributed by atoms with Crippen LogP contribution in [-0.4, -0.2) is 6.54 Å². The van der Waals surface area contributed by atoms with Crippen LogP contribution in [0.2, 0.25) is 0 Å². The number of rotatable bonds is 5. The first-order valence-electron chi connectivity index (χ1n) is 5.23. The Morgan fingerprint density at radius 3 is 2.87 bits per heavy atom. The van der Waals surface area contributed by atoms with Gasteiger partial charge in [0.25, 0.3) is 0 Å². The van der Waals surface area contributed by atoms with E-state index in [2.05, 4.69) is 11.9 Å². The van der Waals surface area contributed by atoms with Crippen LogP contribution in [0, 0.1) is 5.82 Å². The number of benzene rings is 1. The molecule has 0 aliphatic carbocycles. The molecule has 1 N–H and O–H groups in total. The Balaban J connectivity index is 2.46. The second-order valence-corrected chi connectivity index (χ2v) is 3.94. The van der Waals surface area contributed by atoms with Gasteiger partial charge in [0.05, 0.1) is 0 Å². The quantitative estimate of drug-likeness (QED) is 0.729. The zero-order valence-electron chi connectivity index (χ0n) is 9.39. The minimum absolute atomic E-state index is 0.180. The average Bonchev–Trinajstić information content (AvgIpc) is 2.17. The van der Waals surface area contributed by atoms with E-state index < -0.39 is 0 Å². The van der Waals surface area contributed by atoms with Crippen LogP contribution in [0.25, 0.3) is 0 Å². The molecule has 0 amide bonds. The molecule has 1 atom stereocenters. The second-order valence-electron chi connectivity index (χ2n) is 3.94. The van der Waals surface area contributed by atoms with Crippen LogP contribution < -0.4 is 5.32 Å². The highest BCUT2D eigenvalue weighted by Gasteiger charge is 2.04. The van der Waals surface area contributed by atoms with E-state index in [4.69, 9.17) is 0 Å². The van der Waals surface area contributed by atoms with E-state index in [1.807, 2.05) is 19.9 Å². The first kappa shape index (κ1) is 11.9. The van der Waals surface area contributed by atoms with Gasteiger partial charge in [0.15, 0.2) is 0 Å². The van der Waals surface area contributed by atoms with Crippen LogP contribution in [-0.2, 0) is 0 Å². The van der Waals surface area contributed by atoms with Gasteiger partial charge >= 0.3 is 0 Å². The van der Waals surface area contributed by atoms with Gasteiger partial charge in [-0.2, -0.15) is 0 Å². The maximum Gasteiger partial charge on any atom is 0.123 e. The molecule has 2 heteroatoms. The molecular weight excluding hydrogens is 189 g/mol. The molecule has 0 aromatic heterocycles. The fourth-order valence-corrected chi connectivity index (χ4v) is 1.40. The standard InChI is InChI=1S/C13H18FN/c1-10(2)7-8-15-11(3)12-5-4-6-13(14)9-12/h4-6,9,11,15H,1,7-8H2,2-3H3. The van der Waals surface area contributed by atoms with Crippen molar-refractivity contribution in [3.8, 4) is 0 Å². The lowest BCUT2D eigenvalue weighted by atomic mass is 10.1. The van der Waals surface area contributed by atoms with Gasteiger partial charge in [-0.15, -0.1) is 6.58 Å². The largest absolute Gasteiger partial charge is 0.310 e. The summed E-state index contributed by atoms with van der Waals surface area (Å²) < 4.78 is 12.9. The van der Waals surface area contributed by atoms with Crippen LogP contribution >= 0.6 is 0 Å². The van der Waals surface area contributed by atoms with Gasteiger partial charge in [-0.05, 0) is 44.5 Å². The van der Waals surface area contributed by atoms with Gasteiger partial charge in [-0.1, -0.05) is 17.7 Å². The van der Waals surface area contributed by atoms with E-state index in [9.17, 15) is 4.39 Å². The highest BCUT2D eigenvalue weighted by atomic mass is 19.1. The van der Waals surface area contributed by atoms with Gasteiger partial charge in [0, 0.05) is 6.04 Å². The third-order valence-corrected chi connectivity index (χ3v) is 2.35. The molecule has 1 rings (SSSR count). The van der Waals surface area contributed by atoms with E-state index in [1.54, 1.807) is 12.1 Å². The van der Waals surface area contributed by atoms with E-state index in [1.165, 1.54) is 6.07 Å². The summed E-state index contributed by atoms with van der Waals surface area (Å²) in [6.45, 7) is 8.76. The molecule has 0 fully saturated rings. The Morgan fingerprint density at radius 2 is 2.27 bits per heavy atom. The zero-order chi connectivity index (χ0) is 11.3. The fraction of sp³-hybridized carbons (Fsp3) is 0.385. The lowest BCUT2D eigenvalue weighted by molar-refractivity contribution is 0.566. The summed E-state index contributed by atoms with van der Waals surface area (Å²) in [6.07, 6.45) is 0.958. The van der Waals surface area contributed by atoms with Crippen molar-refractivity contribution in [2.75, 3.05) is 6.54 Å². The van der Waals surface area contributed by atoms with Crippen molar-refractivity contribution in [2.24, 2.45) is 0 Å². The molecular formula is C13H18FN. The molecule has 1 aromatic carbocycles. The van der Waals surface area contributed by atoms with Gasteiger partial charge in [0.2, 0.25) is 0 Å². The van der Waals surface area contributed by atoms with E-state index in [0.29, 0.717) is 0 Å². The molecule has 1 unspecified atom stereocenters. The minimum atomic E-state index is -0.180. The smallest absolute Gasteiger partial charge is 0.123 e. The molecule has 82 valence electrons. The van der Waals surface area contributed by atoms with Crippen LogP contribution in [0.4, 0.5) is 4.39 Å². The molecule has 0 aliphatic heterocycles. The maximum absolute atomic E-state index is 12.9. The van der Waals surface area contributed by atoms with E-state index in [-0.39, 0.29) is 11.9 Å². The highest BCUT2D eigenvalue weighted by molar-refractivity contribution is 5.19. The van der Waals surface area contributed by atoms with Crippen molar-refractivity contribution in [3.05, 3.63) is 47.8 Å². The third-order valence-electron chi connectivity index (χ3n) is 2.35. The highest BCUT2D eigenvalue weighted by Crippen LogP contribution is 2.13. The van der Waals surface area contributed by atoms with Gasteiger partial charge in [-0.25, -0.2) is 4.39 Å². The Morgan fingerprint density at radius 1 is 1.53 bits per heavy atom. The average molecular weight is 207 g/mol. The van der Waals surface area contributed by atoms with Crippen molar-refractivity contribution in [2.45, 2.75) is 26.3 Å². The molecule has 0 spiro atoms. The van der Waals surface area contributed by atoms with Gasteiger partial charge < -0.3 is 5.32 Å². The van der Waals surface area contributed by atoms with Crippen molar-refractivity contribution in [1.29, 1.82) is 0 Å². The Kier molecular flexibility index (Phi) is 4.50. The molecule has 0 saturated heterocycles. The van der Waals surface area contributed by atoms with Crippen LogP contribution in [0.15, 0.2) is 36.4 Å². The molecule has 0 aliphatic rings. The molecule has 1 aromatic rings. The molecule has 0 bridgehead atoms. The topological polar surface area (TPSA) is 12.0 Å². The first-order valence-corrected chi connectivity index (χ1v) is 5.23. The van der Waals surface area contributed by atoms with Crippen molar-refractivity contribution in [3.63, 3.8) is 0 Å². The summed E-state index contributed by atoms with van der Waals surface area (Å²) in [5.74, 6) is -0.180. The molecule has 1 nitrogen and oxygen atoms in total. The predicted octanol–water partition coefficient (Wildman–Crippen LogP) is 3.44. The molecule has 0 heterocycles. The van der Waals surface area contributed by atoms with Crippen molar-refractivity contribution >= 4 is 0 Å². The number of nitrogens with one attached hydrogen (secondary N) is 1. The third kappa shape index (κ3) is 4.26. The molecule has 15 heavy (non-hydrogen) atoms. The van der Waals surface area contributed by atoms with Crippen molar-refractivity contribution in [1.82, 2.24) is 5.32 Å². The number of hydrogen-bond donors (Lipinski definition) is 1. The van der Waals surface area contributed by atoms with Gasteiger partial charge in [-0.3, -0.25) is 0 Å². The van der Waals surface area contributed by atoms with Gasteiger partial charge in [0.1, 0.15) is 5.82 Å². The first-order chi connectivity index (χ1) is 7.09. The summed E-state index contributed by atoms with van der Waals surface area (Å²) in [6, 6.07) is 6.88. The van der Waals surface area contributed by atoms with Crippen molar-refractivity contribution < 1.29 is 4.39 Å². The monoisotopic (exact) mass is 207 g/mol. The lowest BCUT2D eigenvalue weighted by Gasteiger charge is -2.14. The normalized spacial score (nSPS) is 12.5. The summed E-state index contributed by atoms with van der Waals surface area (Å²) in [5, 5.41) is 3.33. The number of hydrogen-bond acceptors (Lipinski definition) is 1. The lowest BCUT2D eigenvalue weighted by Crippen LogP contribution is -2.20. The summed E-state index contributed by atoms with van der Waals surface area (Å²) >= 11 is 0. The van der Waals surface area contributed by atoms with Crippen LogP contribution in [0.3, 0.4) is 0 Å². The Labute approximate surface area is 91.0 Å². The maximum atomic E-state index is 12.9. The van der Waals surface area contributed by atoms with E-state index >= 15 is 0 Å². The zero-order valence-corrected chi connectivity index (χ0v) is 9.39. The number of halogens is 1. The fourth-order valence-electron chi connectivity index (χ4n) is 1.40. The minimum Gasteiger partial charge on any atom is -0.310 e. The summed E-state index contributed by atoms with van der Waals surface area (Å²) in [4.78, 5) is 0. The molecule has 0 radical (unpaired) electrons. The molecule has 0 saturated carbocycles. The summed E-state index contributed by atoms with van der Waals surface area (Å²) in [5.41, 5.74) is 2.14. The predicted molar refractivity (Wildman–Crippen MR) is 62.2 cm³/mol. The Hall–Kier alpha value is -1.15.